The Morgan fingerprint density at radius 3 is 2.58 bits per heavy atom. The van der Waals surface area contributed by atoms with Crippen molar-refractivity contribution in [2.24, 2.45) is 0 Å². The molecule has 24 heavy (non-hydrogen) atoms. The highest BCUT2D eigenvalue weighted by Crippen LogP contribution is 2.24. The van der Waals surface area contributed by atoms with Crippen molar-refractivity contribution in [3.8, 4) is 17.2 Å². The van der Waals surface area contributed by atoms with E-state index in [4.69, 9.17) is 9.15 Å². The molecule has 2 N–H and O–H groups in total. The van der Waals surface area contributed by atoms with E-state index in [-0.39, 0.29) is 17.0 Å². The Balaban J connectivity index is 1.87. The van der Waals surface area contributed by atoms with Gasteiger partial charge in [0.1, 0.15) is 5.75 Å². The monoisotopic (exact) mass is 350 g/mol. The Morgan fingerprint density at radius 2 is 1.96 bits per heavy atom. The third kappa shape index (κ3) is 5.27. The Bertz CT molecular complexity index is 700. The van der Waals surface area contributed by atoms with Gasteiger partial charge in [-0.1, -0.05) is 11.8 Å². The van der Waals surface area contributed by atoms with Gasteiger partial charge in [-0.3, -0.25) is 10.1 Å². The van der Waals surface area contributed by atoms with Crippen LogP contribution in [0.1, 0.15) is 13.8 Å². The van der Waals surface area contributed by atoms with Crippen molar-refractivity contribution in [1.82, 2.24) is 20.8 Å². The van der Waals surface area contributed by atoms with Crippen LogP contribution in [0, 0.1) is 0 Å². The molecule has 128 valence electrons. The Morgan fingerprint density at radius 1 is 1.25 bits per heavy atom. The molecule has 0 bridgehead atoms. The Hall–Kier alpha value is -2.55. The van der Waals surface area contributed by atoms with Crippen molar-refractivity contribution in [3.63, 3.8) is 0 Å². The molecule has 0 saturated heterocycles. The zero-order chi connectivity index (χ0) is 17.5. The van der Waals surface area contributed by atoms with E-state index in [9.17, 15) is 9.59 Å². The first kappa shape index (κ1) is 17.8. The molecule has 0 spiro atoms. The predicted octanol–water partition coefficient (Wildman–Crippen LogP) is 2.07. The van der Waals surface area contributed by atoms with Crippen LogP contribution in [0.3, 0.4) is 0 Å². The number of methoxy groups -OCH3 is 1. The van der Waals surface area contributed by atoms with Crippen molar-refractivity contribution in [1.29, 1.82) is 0 Å². The van der Waals surface area contributed by atoms with Crippen LogP contribution in [0.5, 0.6) is 5.75 Å². The van der Waals surface area contributed by atoms with Crippen molar-refractivity contribution in [2.75, 3.05) is 12.9 Å². The Labute approximate surface area is 143 Å². The zero-order valence-corrected chi connectivity index (χ0v) is 14.3. The average molecular weight is 350 g/mol. The van der Waals surface area contributed by atoms with E-state index in [1.54, 1.807) is 45.2 Å². The van der Waals surface area contributed by atoms with Gasteiger partial charge in [-0.2, -0.15) is 0 Å². The van der Waals surface area contributed by atoms with Gasteiger partial charge in [0.15, 0.2) is 0 Å². The summed E-state index contributed by atoms with van der Waals surface area (Å²) in [6, 6.07) is 6.59. The van der Waals surface area contributed by atoms with Gasteiger partial charge >= 0.3 is 6.03 Å². The average Bonchev–Trinajstić information content (AvgIpc) is 3.01. The molecule has 0 fully saturated rings. The molecular formula is C15H18N4O4S. The number of aromatic nitrogens is 2. The lowest BCUT2D eigenvalue weighted by Gasteiger charge is -2.08. The van der Waals surface area contributed by atoms with Crippen LogP contribution in [0.4, 0.5) is 4.79 Å². The molecule has 3 amide bonds. The quantitative estimate of drug-likeness (QED) is 0.768. The lowest BCUT2D eigenvalue weighted by molar-refractivity contribution is -0.117. The summed E-state index contributed by atoms with van der Waals surface area (Å²) in [4.78, 5) is 23.1. The smallest absolute Gasteiger partial charge is 0.321 e. The molecule has 1 aromatic carbocycles. The second kappa shape index (κ2) is 8.34. The van der Waals surface area contributed by atoms with E-state index in [0.717, 1.165) is 23.1 Å². The zero-order valence-electron chi connectivity index (χ0n) is 13.5. The van der Waals surface area contributed by atoms with Gasteiger partial charge < -0.3 is 14.5 Å². The number of carbonyl (C=O) groups is 2. The van der Waals surface area contributed by atoms with Gasteiger partial charge in [0, 0.05) is 11.6 Å². The van der Waals surface area contributed by atoms with E-state index >= 15 is 0 Å². The number of ether oxygens (including phenoxy) is 1. The number of urea groups is 1. The number of carbonyl (C=O) groups excluding carboxylic acids is 2. The van der Waals surface area contributed by atoms with Crippen molar-refractivity contribution < 1.29 is 18.7 Å². The van der Waals surface area contributed by atoms with Gasteiger partial charge in [0.05, 0.1) is 12.9 Å². The number of nitrogens with one attached hydrogen (secondary N) is 2. The number of rotatable bonds is 6. The normalized spacial score (nSPS) is 10.5. The summed E-state index contributed by atoms with van der Waals surface area (Å²) in [5.41, 5.74) is 0.746. The second-order valence-electron chi connectivity index (χ2n) is 5.07. The number of hydrogen-bond acceptors (Lipinski definition) is 7. The lowest BCUT2D eigenvalue weighted by Crippen LogP contribution is -2.43. The number of nitrogens with zero attached hydrogens (tertiary/aromatic N) is 2. The molecule has 9 heteroatoms. The minimum absolute atomic E-state index is 0.00421. The summed E-state index contributed by atoms with van der Waals surface area (Å²) < 4.78 is 10.6. The lowest BCUT2D eigenvalue weighted by atomic mass is 10.2. The number of thioether (sulfide) groups is 1. The van der Waals surface area contributed by atoms with Gasteiger partial charge in [-0.25, -0.2) is 4.79 Å². The van der Waals surface area contributed by atoms with E-state index in [1.165, 1.54) is 0 Å². The van der Waals surface area contributed by atoms with Crippen LogP contribution in [0.2, 0.25) is 0 Å². The first-order valence-electron chi connectivity index (χ1n) is 7.19. The molecule has 0 saturated carbocycles. The maximum atomic E-state index is 11.7. The summed E-state index contributed by atoms with van der Waals surface area (Å²) >= 11 is 1.06. The van der Waals surface area contributed by atoms with Crippen LogP contribution >= 0.6 is 11.8 Å². The van der Waals surface area contributed by atoms with Crippen molar-refractivity contribution in [3.05, 3.63) is 24.3 Å². The van der Waals surface area contributed by atoms with Gasteiger partial charge in [0.25, 0.3) is 5.22 Å². The maximum Gasteiger partial charge on any atom is 0.321 e. The number of imide groups is 1. The van der Waals surface area contributed by atoms with Crippen LogP contribution in [-0.2, 0) is 4.79 Å². The topological polar surface area (TPSA) is 106 Å². The first-order chi connectivity index (χ1) is 11.5. The number of benzene rings is 1. The fourth-order valence-corrected chi connectivity index (χ4v) is 2.27. The third-order valence-electron chi connectivity index (χ3n) is 2.74. The molecule has 1 heterocycles. The van der Waals surface area contributed by atoms with Crippen LogP contribution in [0.15, 0.2) is 33.9 Å². The SMILES string of the molecule is COc1ccc(-c2nnc(SCC(=O)NC(=O)NC(C)C)o2)cc1. The van der Waals surface area contributed by atoms with Crippen LogP contribution < -0.4 is 15.4 Å². The largest absolute Gasteiger partial charge is 0.497 e. The van der Waals surface area contributed by atoms with Crippen molar-refractivity contribution in [2.45, 2.75) is 25.1 Å². The summed E-state index contributed by atoms with van der Waals surface area (Å²) in [5.74, 6) is 0.625. The molecule has 0 atom stereocenters. The molecule has 1 aromatic heterocycles. The molecule has 8 nitrogen and oxygen atoms in total. The number of amides is 3. The predicted molar refractivity (Wildman–Crippen MR) is 88.8 cm³/mol. The van der Waals surface area contributed by atoms with Gasteiger partial charge in [-0.15, -0.1) is 10.2 Å². The third-order valence-corrected chi connectivity index (χ3v) is 3.56. The first-order valence-corrected chi connectivity index (χ1v) is 8.17. The van der Waals surface area contributed by atoms with E-state index < -0.39 is 11.9 Å². The summed E-state index contributed by atoms with van der Waals surface area (Å²) in [5, 5.41) is 12.8. The fourth-order valence-electron chi connectivity index (χ4n) is 1.71. The molecular weight excluding hydrogens is 332 g/mol. The van der Waals surface area contributed by atoms with Crippen LogP contribution in [0.25, 0.3) is 11.5 Å². The summed E-state index contributed by atoms with van der Waals surface area (Å²) in [6.45, 7) is 3.61. The van der Waals surface area contributed by atoms with E-state index in [1.807, 2.05) is 0 Å². The minimum Gasteiger partial charge on any atom is -0.497 e. The van der Waals surface area contributed by atoms with E-state index in [2.05, 4.69) is 20.8 Å². The molecule has 2 rings (SSSR count). The minimum atomic E-state index is -0.528. The molecule has 0 aliphatic carbocycles. The van der Waals surface area contributed by atoms with Gasteiger partial charge in [-0.05, 0) is 38.1 Å². The summed E-state index contributed by atoms with van der Waals surface area (Å²) in [7, 11) is 1.59. The highest BCUT2D eigenvalue weighted by Gasteiger charge is 2.13. The van der Waals surface area contributed by atoms with Crippen LogP contribution in [-0.4, -0.2) is 41.0 Å². The molecule has 0 unspecified atom stereocenters. The highest BCUT2D eigenvalue weighted by molar-refractivity contribution is 7.99. The van der Waals surface area contributed by atoms with Gasteiger partial charge in [0.2, 0.25) is 11.8 Å². The van der Waals surface area contributed by atoms with E-state index in [0.29, 0.717) is 5.89 Å². The molecule has 2 aromatic rings. The standard InChI is InChI=1S/C15H18N4O4S/c1-9(2)16-14(21)17-12(20)8-24-15-19-18-13(23-15)10-4-6-11(22-3)7-5-10/h4-7,9H,8H2,1-3H3,(H2,16,17,20,21). The molecule has 0 aliphatic heterocycles. The maximum absolute atomic E-state index is 11.7. The van der Waals surface area contributed by atoms with Crippen molar-refractivity contribution >= 4 is 23.7 Å². The summed E-state index contributed by atoms with van der Waals surface area (Å²) in [6.07, 6.45) is 0. The highest BCUT2D eigenvalue weighted by atomic mass is 32.2. The Kier molecular flexibility index (Phi) is 6.19. The molecule has 0 radical (unpaired) electrons. The number of hydrogen-bond donors (Lipinski definition) is 2. The molecule has 0 aliphatic rings. The fraction of sp³-hybridized carbons (Fsp3) is 0.333. The second-order valence-corrected chi connectivity index (χ2v) is 5.99.